The summed E-state index contributed by atoms with van der Waals surface area (Å²) in [5, 5.41) is 0. The van der Waals surface area contributed by atoms with Gasteiger partial charge in [-0.05, 0) is 57.9 Å². The summed E-state index contributed by atoms with van der Waals surface area (Å²) in [6.07, 6.45) is 4.88. The van der Waals surface area contributed by atoms with Crippen LogP contribution in [0.4, 0.5) is 0 Å². The van der Waals surface area contributed by atoms with Crippen molar-refractivity contribution in [3.8, 4) is 5.69 Å². The molecule has 3 heteroatoms. The SMILES string of the molecule is CCC1CCCCN1CC(=O)c1cc(C)n(-c2ccccc2)c1C. The molecule has 1 atom stereocenters. The van der Waals surface area contributed by atoms with Crippen LogP contribution in [-0.2, 0) is 0 Å². The Bertz CT molecular complexity index is 702. The van der Waals surface area contributed by atoms with Gasteiger partial charge in [0.1, 0.15) is 0 Å². The lowest BCUT2D eigenvalue weighted by molar-refractivity contribution is 0.0837. The lowest BCUT2D eigenvalue weighted by atomic mass is 9.99. The predicted octanol–water partition coefficient (Wildman–Crippen LogP) is 4.54. The van der Waals surface area contributed by atoms with E-state index in [1.807, 2.05) is 18.2 Å². The summed E-state index contributed by atoms with van der Waals surface area (Å²) in [6.45, 7) is 7.97. The van der Waals surface area contributed by atoms with Crippen LogP contribution in [0, 0.1) is 13.8 Å². The smallest absolute Gasteiger partial charge is 0.178 e. The number of likely N-dealkylation sites (tertiary alicyclic amines) is 1. The molecule has 1 aliphatic heterocycles. The zero-order chi connectivity index (χ0) is 17.1. The highest BCUT2D eigenvalue weighted by Gasteiger charge is 2.25. The third-order valence-corrected chi connectivity index (χ3v) is 5.31. The van der Waals surface area contributed by atoms with Gasteiger partial charge in [0.2, 0.25) is 0 Å². The average molecular weight is 324 g/mol. The first-order valence-electron chi connectivity index (χ1n) is 9.13. The van der Waals surface area contributed by atoms with Crippen LogP contribution in [0.2, 0.25) is 0 Å². The van der Waals surface area contributed by atoms with Crippen LogP contribution in [-0.4, -0.2) is 34.4 Å². The first-order valence-corrected chi connectivity index (χ1v) is 9.13. The first-order chi connectivity index (χ1) is 11.6. The number of hydrogen-bond acceptors (Lipinski definition) is 2. The number of nitrogens with zero attached hydrogens (tertiary/aromatic N) is 2. The Morgan fingerprint density at radius 1 is 1.17 bits per heavy atom. The van der Waals surface area contributed by atoms with Crippen LogP contribution in [0.5, 0.6) is 0 Å². The predicted molar refractivity (Wildman–Crippen MR) is 99.1 cm³/mol. The molecule has 1 fully saturated rings. The minimum Gasteiger partial charge on any atom is -0.318 e. The van der Waals surface area contributed by atoms with Crippen LogP contribution in [0.1, 0.15) is 54.4 Å². The number of para-hydroxylation sites is 1. The van der Waals surface area contributed by atoms with E-state index in [1.54, 1.807) is 0 Å². The molecule has 1 aliphatic rings. The molecule has 1 unspecified atom stereocenters. The zero-order valence-corrected chi connectivity index (χ0v) is 15.1. The van der Waals surface area contributed by atoms with Crippen molar-refractivity contribution in [2.45, 2.75) is 52.5 Å². The molecule has 2 aromatic rings. The molecule has 1 saturated heterocycles. The van der Waals surface area contributed by atoms with E-state index in [0.29, 0.717) is 12.6 Å². The summed E-state index contributed by atoms with van der Waals surface area (Å²) in [4.78, 5) is 15.3. The fourth-order valence-electron chi connectivity index (χ4n) is 4.02. The van der Waals surface area contributed by atoms with Crippen molar-refractivity contribution in [3.05, 3.63) is 53.3 Å². The fraction of sp³-hybridized carbons (Fsp3) is 0.476. The van der Waals surface area contributed by atoms with Gasteiger partial charge in [-0.1, -0.05) is 31.5 Å². The number of rotatable bonds is 5. The van der Waals surface area contributed by atoms with Crippen molar-refractivity contribution in [3.63, 3.8) is 0 Å². The third-order valence-electron chi connectivity index (χ3n) is 5.31. The highest BCUT2D eigenvalue weighted by atomic mass is 16.1. The Kier molecular flexibility index (Phi) is 5.20. The molecule has 3 rings (SSSR count). The van der Waals surface area contributed by atoms with E-state index >= 15 is 0 Å². The quantitative estimate of drug-likeness (QED) is 0.754. The van der Waals surface area contributed by atoms with Gasteiger partial charge in [-0.25, -0.2) is 0 Å². The molecule has 0 aliphatic carbocycles. The molecule has 0 bridgehead atoms. The van der Waals surface area contributed by atoms with Gasteiger partial charge in [-0.2, -0.15) is 0 Å². The zero-order valence-electron chi connectivity index (χ0n) is 15.1. The molecule has 0 N–H and O–H groups in total. The number of benzene rings is 1. The van der Waals surface area contributed by atoms with Gasteiger partial charge in [-0.15, -0.1) is 0 Å². The second kappa shape index (κ2) is 7.35. The standard InChI is InChI=1S/C21H28N2O/c1-4-18-10-8-9-13-22(18)15-21(24)20-14-16(2)23(17(20)3)19-11-6-5-7-12-19/h5-7,11-12,14,18H,4,8-10,13,15H2,1-3H3. The summed E-state index contributed by atoms with van der Waals surface area (Å²) in [7, 11) is 0. The minimum atomic E-state index is 0.255. The second-order valence-electron chi connectivity index (χ2n) is 6.91. The monoisotopic (exact) mass is 324 g/mol. The van der Waals surface area contributed by atoms with Crippen molar-refractivity contribution >= 4 is 5.78 Å². The molecule has 3 nitrogen and oxygen atoms in total. The molecule has 24 heavy (non-hydrogen) atoms. The largest absolute Gasteiger partial charge is 0.318 e. The molecule has 0 saturated carbocycles. The number of hydrogen-bond donors (Lipinski definition) is 0. The van der Waals surface area contributed by atoms with Crippen molar-refractivity contribution in [2.75, 3.05) is 13.1 Å². The molecule has 1 aromatic heterocycles. The normalized spacial score (nSPS) is 18.7. The molecule has 128 valence electrons. The minimum absolute atomic E-state index is 0.255. The Morgan fingerprint density at radius 3 is 2.62 bits per heavy atom. The molecule has 0 amide bonds. The van der Waals surface area contributed by atoms with Gasteiger partial charge < -0.3 is 4.57 Å². The van der Waals surface area contributed by atoms with Gasteiger partial charge in [-0.3, -0.25) is 9.69 Å². The number of carbonyl (C=O) groups is 1. The molecule has 0 spiro atoms. The van der Waals surface area contributed by atoms with E-state index in [1.165, 1.54) is 19.3 Å². The number of carbonyl (C=O) groups excluding carboxylic acids is 1. The number of piperidine rings is 1. The highest BCUT2D eigenvalue weighted by molar-refractivity contribution is 5.99. The number of aryl methyl sites for hydroxylation is 1. The summed E-state index contributed by atoms with van der Waals surface area (Å²) >= 11 is 0. The van der Waals surface area contributed by atoms with Crippen molar-refractivity contribution in [1.29, 1.82) is 0 Å². The van der Waals surface area contributed by atoms with Crippen LogP contribution in [0.3, 0.4) is 0 Å². The highest BCUT2D eigenvalue weighted by Crippen LogP contribution is 2.23. The van der Waals surface area contributed by atoms with Crippen LogP contribution >= 0.6 is 0 Å². The lowest BCUT2D eigenvalue weighted by Gasteiger charge is -2.34. The van der Waals surface area contributed by atoms with E-state index < -0.39 is 0 Å². The summed E-state index contributed by atoms with van der Waals surface area (Å²) < 4.78 is 2.18. The molecule has 2 heterocycles. The Labute approximate surface area is 145 Å². The topological polar surface area (TPSA) is 25.2 Å². The van der Waals surface area contributed by atoms with E-state index in [4.69, 9.17) is 0 Å². The van der Waals surface area contributed by atoms with E-state index in [-0.39, 0.29) is 5.78 Å². The molecular weight excluding hydrogens is 296 g/mol. The van der Waals surface area contributed by atoms with Crippen LogP contribution in [0.15, 0.2) is 36.4 Å². The van der Waals surface area contributed by atoms with Crippen molar-refractivity contribution < 1.29 is 4.79 Å². The Morgan fingerprint density at radius 2 is 1.92 bits per heavy atom. The maximum atomic E-state index is 12.9. The van der Waals surface area contributed by atoms with Gasteiger partial charge in [0.25, 0.3) is 0 Å². The number of aromatic nitrogens is 1. The second-order valence-corrected chi connectivity index (χ2v) is 6.91. The van der Waals surface area contributed by atoms with Gasteiger partial charge >= 0.3 is 0 Å². The number of Topliss-reactive ketones (excluding diaryl/α,β-unsaturated/α-hetero) is 1. The van der Waals surface area contributed by atoms with Crippen molar-refractivity contribution in [1.82, 2.24) is 9.47 Å². The van der Waals surface area contributed by atoms with Crippen LogP contribution < -0.4 is 0 Å². The molecular formula is C21H28N2O. The Hall–Kier alpha value is -1.87. The molecule has 0 radical (unpaired) electrons. The Balaban J connectivity index is 1.83. The fourth-order valence-corrected chi connectivity index (χ4v) is 4.02. The summed E-state index contributed by atoms with van der Waals surface area (Å²) in [6, 6.07) is 12.9. The lowest BCUT2D eigenvalue weighted by Crippen LogP contribution is -2.42. The summed E-state index contributed by atoms with van der Waals surface area (Å²) in [5.41, 5.74) is 4.16. The summed E-state index contributed by atoms with van der Waals surface area (Å²) in [5.74, 6) is 0.255. The van der Waals surface area contributed by atoms with E-state index in [0.717, 1.165) is 35.6 Å². The third kappa shape index (κ3) is 3.32. The maximum absolute atomic E-state index is 12.9. The van der Waals surface area contributed by atoms with E-state index in [2.05, 4.69) is 48.4 Å². The average Bonchev–Trinajstić information content (AvgIpc) is 2.90. The number of ketones is 1. The maximum Gasteiger partial charge on any atom is 0.178 e. The van der Waals surface area contributed by atoms with Gasteiger partial charge in [0.05, 0.1) is 6.54 Å². The van der Waals surface area contributed by atoms with Gasteiger partial charge in [0.15, 0.2) is 5.78 Å². The first kappa shape index (κ1) is 17.0. The molecule has 1 aromatic carbocycles. The van der Waals surface area contributed by atoms with E-state index in [9.17, 15) is 4.79 Å². The van der Waals surface area contributed by atoms with Gasteiger partial charge in [0, 0.05) is 28.7 Å². The van der Waals surface area contributed by atoms with Crippen molar-refractivity contribution in [2.24, 2.45) is 0 Å². The van der Waals surface area contributed by atoms with Crippen LogP contribution in [0.25, 0.3) is 5.69 Å².